The highest BCUT2D eigenvalue weighted by Crippen LogP contribution is 2.58. The monoisotopic (exact) mass is 683 g/mol. The van der Waals surface area contributed by atoms with Crippen molar-refractivity contribution < 1.29 is 0 Å². The van der Waals surface area contributed by atoms with E-state index in [0.29, 0.717) is 5.56 Å². The lowest BCUT2D eigenvalue weighted by atomic mass is 9.82. The van der Waals surface area contributed by atoms with Gasteiger partial charge in [0.1, 0.15) is 0 Å². The van der Waals surface area contributed by atoms with E-state index in [4.69, 9.17) is 0 Å². The normalized spacial score (nSPS) is 12.8. The van der Waals surface area contributed by atoms with Gasteiger partial charge in [0.25, 0.3) is 0 Å². The van der Waals surface area contributed by atoms with Crippen molar-refractivity contribution in [3.63, 3.8) is 0 Å². The van der Waals surface area contributed by atoms with Crippen LogP contribution in [0.1, 0.15) is 28.7 Å². The van der Waals surface area contributed by atoms with Crippen LogP contribution < -0.4 is 0 Å². The van der Waals surface area contributed by atoms with Gasteiger partial charge >= 0.3 is 0 Å². The molecule has 0 saturated carbocycles. The van der Waals surface area contributed by atoms with E-state index in [1.54, 1.807) is 0 Å². The predicted molar refractivity (Wildman–Crippen MR) is 227 cm³/mol. The average molecular weight is 684 g/mol. The van der Waals surface area contributed by atoms with Crippen LogP contribution in [0, 0.1) is 11.3 Å². The van der Waals surface area contributed by atoms with E-state index in [2.05, 4.69) is 170 Å². The highest BCUT2D eigenvalue weighted by molar-refractivity contribution is 6.28. The highest BCUT2D eigenvalue weighted by atomic mass is 14.3. The standard InChI is InChI=1S/C53H33N/c54-32-33-18-19-37-29-38(21-20-36(37)28-33)39-22-23-41-31-42(25-24-40(41)30-39)43-26-27-48-51-44(43)16-9-17-47(51)52-49(34-10-3-1-4-11-34)45-14-7-8-15-46(45)50(53(48)52)35-12-5-2-6-13-35/h1-21,24-31H,22-23H2. The zero-order valence-corrected chi connectivity index (χ0v) is 29.6. The van der Waals surface area contributed by atoms with Crippen molar-refractivity contribution in [1.29, 1.82) is 5.26 Å². The van der Waals surface area contributed by atoms with Crippen LogP contribution in [0.15, 0.2) is 170 Å². The van der Waals surface area contributed by atoms with Crippen LogP contribution in [0.25, 0.3) is 99.6 Å². The highest BCUT2D eigenvalue weighted by Gasteiger charge is 2.31. The summed E-state index contributed by atoms with van der Waals surface area (Å²) in [6.07, 6.45) is 4.37. The van der Waals surface area contributed by atoms with Gasteiger partial charge in [-0.1, -0.05) is 158 Å². The topological polar surface area (TPSA) is 23.8 Å². The SMILES string of the molecule is N#Cc1ccc2cc(C3=Cc4ccc(-c5ccc6c7c(cccc57)-c5c-6c(-c6ccccc6)c6ccccc6c5-c5ccccc5)cc4CC3)ccc2c1. The zero-order valence-electron chi connectivity index (χ0n) is 29.6. The molecule has 1 nitrogen and oxygen atoms in total. The van der Waals surface area contributed by atoms with Crippen LogP contribution in [-0.2, 0) is 6.42 Å². The molecule has 1 heteroatoms. The Kier molecular flexibility index (Phi) is 6.81. The molecule has 250 valence electrons. The lowest BCUT2D eigenvalue weighted by Crippen LogP contribution is -2.00. The number of nitrogens with zero attached hydrogens (tertiary/aromatic N) is 1. The van der Waals surface area contributed by atoms with E-state index >= 15 is 0 Å². The van der Waals surface area contributed by atoms with Crippen LogP contribution in [-0.4, -0.2) is 0 Å². The molecule has 0 amide bonds. The number of hydrogen-bond donors (Lipinski definition) is 0. The fourth-order valence-electron chi connectivity index (χ4n) is 9.26. The maximum atomic E-state index is 9.33. The number of benzene rings is 9. The molecule has 2 aliphatic rings. The Labute approximate surface area is 314 Å². The summed E-state index contributed by atoms with van der Waals surface area (Å²) < 4.78 is 0. The van der Waals surface area contributed by atoms with E-state index in [1.807, 2.05) is 12.1 Å². The molecule has 0 aliphatic heterocycles. The molecule has 54 heavy (non-hydrogen) atoms. The van der Waals surface area contributed by atoms with Gasteiger partial charge in [0.2, 0.25) is 0 Å². The lowest BCUT2D eigenvalue weighted by molar-refractivity contribution is 1.00. The molecule has 0 spiro atoms. The molecule has 2 aliphatic carbocycles. The number of nitriles is 1. The lowest BCUT2D eigenvalue weighted by Gasteiger charge is -2.20. The molecule has 0 heterocycles. The Morgan fingerprint density at radius 2 is 1.02 bits per heavy atom. The Balaban J connectivity index is 1.08. The third-order valence-electron chi connectivity index (χ3n) is 11.7. The van der Waals surface area contributed by atoms with Crippen molar-refractivity contribution in [1.82, 2.24) is 0 Å². The number of hydrogen-bond acceptors (Lipinski definition) is 1. The Morgan fingerprint density at radius 1 is 0.407 bits per heavy atom. The van der Waals surface area contributed by atoms with Crippen molar-refractivity contribution in [3.8, 4) is 61.7 Å². The molecule has 0 radical (unpaired) electrons. The molecule has 0 saturated heterocycles. The minimum atomic E-state index is 0.698. The van der Waals surface area contributed by atoms with Crippen LogP contribution in [0.2, 0.25) is 0 Å². The van der Waals surface area contributed by atoms with Crippen LogP contribution >= 0.6 is 0 Å². The first-order chi connectivity index (χ1) is 26.7. The van der Waals surface area contributed by atoms with E-state index in [9.17, 15) is 5.26 Å². The van der Waals surface area contributed by atoms with E-state index < -0.39 is 0 Å². The van der Waals surface area contributed by atoms with Gasteiger partial charge in [-0.2, -0.15) is 5.26 Å². The van der Waals surface area contributed by atoms with Gasteiger partial charge in [-0.25, -0.2) is 0 Å². The third kappa shape index (κ3) is 4.64. The second-order valence-electron chi connectivity index (χ2n) is 14.6. The number of allylic oxidation sites excluding steroid dienone is 1. The van der Waals surface area contributed by atoms with Gasteiger partial charge in [0, 0.05) is 0 Å². The largest absolute Gasteiger partial charge is 0.192 e. The first-order valence-electron chi connectivity index (χ1n) is 18.8. The quantitative estimate of drug-likeness (QED) is 0.181. The number of rotatable bonds is 4. The molecular weight excluding hydrogens is 651 g/mol. The first-order valence-corrected chi connectivity index (χ1v) is 18.8. The summed E-state index contributed by atoms with van der Waals surface area (Å²) in [5.74, 6) is 0. The predicted octanol–water partition coefficient (Wildman–Crippen LogP) is 14.2. The summed E-state index contributed by atoms with van der Waals surface area (Å²) in [7, 11) is 0. The molecule has 0 fully saturated rings. The molecule has 0 bridgehead atoms. The Hall–Kier alpha value is -7.01. The van der Waals surface area contributed by atoms with Gasteiger partial charge in [-0.05, 0) is 141 Å². The van der Waals surface area contributed by atoms with Gasteiger partial charge in [0.15, 0.2) is 0 Å². The molecular formula is C53H33N. The number of fused-ring (bicyclic) bond motifs is 6. The minimum absolute atomic E-state index is 0.698. The molecule has 0 unspecified atom stereocenters. The summed E-state index contributed by atoms with van der Waals surface area (Å²) in [6.45, 7) is 0. The molecule has 9 aromatic rings. The first kappa shape index (κ1) is 30.6. The fourth-order valence-corrected chi connectivity index (χ4v) is 9.26. The van der Waals surface area contributed by atoms with Crippen LogP contribution in [0.5, 0.6) is 0 Å². The van der Waals surface area contributed by atoms with Gasteiger partial charge < -0.3 is 0 Å². The molecule has 0 aromatic heterocycles. The average Bonchev–Trinajstić information content (AvgIpc) is 3.57. The summed E-state index contributed by atoms with van der Waals surface area (Å²) in [5, 5.41) is 16.8. The number of aryl methyl sites for hydroxylation is 1. The van der Waals surface area contributed by atoms with E-state index in [0.717, 1.165) is 18.2 Å². The zero-order chi connectivity index (χ0) is 35.8. The maximum Gasteiger partial charge on any atom is 0.0991 e. The van der Waals surface area contributed by atoms with E-state index in [-0.39, 0.29) is 0 Å². The second-order valence-corrected chi connectivity index (χ2v) is 14.6. The van der Waals surface area contributed by atoms with Crippen molar-refractivity contribution in [2.75, 3.05) is 0 Å². The minimum Gasteiger partial charge on any atom is -0.192 e. The van der Waals surface area contributed by atoms with Crippen LogP contribution in [0.3, 0.4) is 0 Å². The molecule has 9 aromatic carbocycles. The van der Waals surface area contributed by atoms with Crippen LogP contribution in [0.4, 0.5) is 0 Å². The van der Waals surface area contributed by atoms with Gasteiger partial charge in [-0.15, -0.1) is 0 Å². The van der Waals surface area contributed by atoms with Gasteiger partial charge in [-0.3, -0.25) is 0 Å². The van der Waals surface area contributed by atoms with Crippen molar-refractivity contribution in [3.05, 3.63) is 192 Å². The van der Waals surface area contributed by atoms with E-state index in [1.165, 1.54) is 105 Å². The molecule has 0 atom stereocenters. The summed E-state index contributed by atoms with van der Waals surface area (Å²) in [5.41, 5.74) is 18.9. The third-order valence-corrected chi connectivity index (χ3v) is 11.7. The molecule has 0 N–H and O–H groups in total. The smallest absolute Gasteiger partial charge is 0.0991 e. The van der Waals surface area contributed by atoms with Crippen molar-refractivity contribution in [2.45, 2.75) is 12.8 Å². The fraction of sp³-hybridized carbons (Fsp3) is 0.0377. The molecule has 11 rings (SSSR count). The summed E-state index contributed by atoms with van der Waals surface area (Å²) in [6, 6.07) is 64.4. The Morgan fingerprint density at radius 3 is 1.74 bits per heavy atom. The summed E-state index contributed by atoms with van der Waals surface area (Å²) in [4.78, 5) is 0. The van der Waals surface area contributed by atoms with Crippen molar-refractivity contribution in [2.24, 2.45) is 0 Å². The maximum absolute atomic E-state index is 9.33. The Bertz CT molecular complexity index is 2990. The van der Waals surface area contributed by atoms with Gasteiger partial charge in [0.05, 0.1) is 11.6 Å². The van der Waals surface area contributed by atoms with Crippen molar-refractivity contribution >= 4 is 44.0 Å². The summed E-state index contributed by atoms with van der Waals surface area (Å²) >= 11 is 0. The second kappa shape index (κ2) is 12.0.